The van der Waals surface area contributed by atoms with E-state index in [-0.39, 0.29) is 5.05 Å². The van der Waals surface area contributed by atoms with Crippen molar-refractivity contribution in [1.29, 1.82) is 0 Å². The first-order valence-electron chi connectivity index (χ1n) is 1.05. The lowest BCUT2D eigenvalue weighted by Gasteiger charge is -1.69. The minimum atomic E-state index is -0.259. The Morgan fingerprint density at radius 1 is 2.00 bits per heavy atom. The van der Waals surface area contributed by atoms with Gasteiger partial charge in [0.25, 0.3) is 0 Å². The number of rotatable bonds is 1. The van der Waals surface area contributed by atoms with Crippen molar-refractivity contribution in [2.24, 2.45) is 0 Å². The van der Waals surface area contributed by atoms with Crippen LogP contribution >= 0.6 is 12.2 Å². The molecule has 0 spiro atoms. The summed E-state index contributed by atoms with van der Waals surface area (Å²) in [5.41, 5.74) is 0. The van der Waals surface area contributed by atoms with Gasteiger partial charge in [-0.3, -0.25) is 0 Å². The molecule has 0 aromatic rings. The van der Waals surface area contributed by atoms with Crippen molar-refractivity contribution < 1.29 is 5.11 Å². The highest BCUT2D eigenvalue weighted by Crippen LogP contribution is 1.63. The summed E-state index contributed by atoms with van der Waals surface area (Å²) < 4.78 is 0. The summed E-state index contributed by atoms with van der Waals surface area (Å²) in [5.74, 6) is 0. The second-order valence-corrected chi connectivity index (χ2v) is 0.923. The highest BCUT2D eigenvalue weighted by atomic mass is 32.1. The number of aliphatic hydroxyl groups excluding tert-OH is 1. The van der Waals surface area contributed by atoms with E-state index in [1.165, 1.54) is 0 Å². The van der Waals surface area contributed by atoms with E-state index in [0.717, 1.165) is 6.08 Å². The molecule has 0 aliphatic carbocycles. The summed E-state index contributed by atoms with van der Waals surface area (Å²) in [6, 6.07) is 0. The van der Waals surface area contributed by atoms with Crippen LogP contribution in [0.4, 0.5) is 0 Å². The zero-order chi connectivity index (χ0) is 4.28. The minimum absolute atomic E-state index is 0.259. The molecule has 27 valence electrons. The monoisotopic (exact) mass is 87.0 g/mol. The zero-order valence-corrected chi connectivity index (χ0v) is 3.33. The van der Waals surface area contributed by atoms with Gasteiger partial charge in [0.1, 0.15) is 0 Å². The first-order chi connectivity index (χ1) is 2.27. The Hall–Kier alpha value is -0.370. The maximum Gasteiger partial charge on any atom is 0.181 e. The van der Waals surface area contributed by atoms with E-state index in [1.54, 1.807) is 0 Å². The third-order valence-corrected chi connectivity index (χ3v) is 0.279. The Kier molecular flexibility index (Phi) is 1.76. The smallest absolute Gasteiger partial charge is 0.181 e. The maximum absolute atomic E-state index is 7.91. The molecule has 5 heavy (non-hydrogen) atoms. The molecule has 0 unspecified atom stereocenters. The SMILES string of the molecule is [CH]=CC(O)=S. The molecular weight excluding hydrogens is 84.1 g/mol. The topological polar surface area (TPSA) is 20.2 Å². The van der Waals surface area contributed by atoms with Gasteiger partial charge in [0, 0.05) is 0 Å². The zero-order valence-electron chi connectivity index (χ0n) is 2.51. The van der Waals surface area contributed by atoms with Crippen LogP contribution in [0.1, 0.15) is 0 Å². The normalized spacial score (nSPS) is 6.40. The van der Waals surface area contributed by atoms with E-state index in [4.69, 9.17) is 5.11 Å². The summed E-state index contributed by atoms with van der Waals surface area (Å²) in [5, 5.41) is 7.65. The van der Waals surface area contributed by atoms with Crippen LogP contribution in [0, 0.1) is 6.58 Å². The average Bonchev–Trinajstić information content (AvgIpc) is 1.38. The maximum atomic E-state index is 7.91. The van der Waals surface area contributed by atoms with E-state index in [9.17, 15) is 0 Å². The van der Waals surface area contributed by atoms with E-state index >= 15 is 0 Å². The quantitative estimate of drug-likeness (QED) is 0.378. The molecule has 0 saturated heterocycles. The Morgan fingerprint density at radius 2 is 2.20 bits per heavy atom. The van der Waals surface area contributed by atoms with Gasteiger partial charge in [-0.25, -0.2) is 0 Å². The van der Waals surface area contributed by atoms with E-state index in [0.29, 0.717) is 0 Å². The van der Waals surface area contributed by atoms with Crippen LogP contribution < -0.4 is 0 Å². The van der Waals surface area contributed by atoms with Crippen molar-refractivity contribution >= 4 is 17.3 Å². The molecule has 0 amide bonds. The van der Waals surface area contributed by atoms with Crippen LogP contribution in [-0.2, 0) is 0 Å². The molecule has 1 nitrogen and oxygen atoms in total. The van der Waals surface area contributed by atoms with Crippen molar-refractivity contribution in [3.05, 3.63) is 12.7 Å². The number of thiocarbonyl (C=S) groups is 1. The van der Waals surface area contributed by atoms with Crippen LogP contribution in [0.25, 0.3) is 0 Å². The van der Waals surface area contributed by atoms with Gasteiger partial charge in [-0.15, -0.1) is 0 Å². The van der Waals surface area contributed by atoms with Gasteiger partial charge in [0.05, 0.1) is 0 Å². The largest absolute Gasteiger partial charge is 0.499 e. The molecule has 0 fully saturated rings. The minimum Gasteiger partial charge on any atom is -0.499 e. The summed E-state index contributed by atoms with van der Waals surface area (Å²) >= 11 is 4.07. The number of aliphatic hydroxyl groups is 1. The highest BCUT2D eigenvalue weighted by Gasteiger charge is 1.66. The molecule has 0 aromatic heterocycles. The Morgan fingerprint density at radius 3 is 2.20 bits per heavy atom. The summed E-state index contributed by atoms with van der Waals surface area (Å²) in [6.45, 7) is 4.66. The van der Waals surface area contributed by atoms with Crippen LogP contribution in [-0.4, -0.2) is 10.2 Å². The van der Waals surface area contributed by atoms with Gasteiger partial charge >= 0.3 is 0 Å². The van der Waals surface area contributed by atoms with Gasteiger partial charge in [-0.2, -0.15) is 0 Å². The Balaban J connectivity index is 3.20. The first kappa shape index (κ1) is 4.63. The predicted octanol–water partition coefficient (Wildman–Crippen LogP) is 0.861. The molecule has 0 rings (SSSR count). The number of hydrogen-bond donors (Lipinski definition) is 1. The van der Waals surface area contributed by atoms with Crippen LogP contribution in [0.3, 0.4) is 0 Å². The van der Waals surface area contributed by atoms with Crippen LogP contribution in [0.5, 0.6) is 0 Å². The van der Waals surface area contributed by atoms with Crippen LogP contribution in [0.15, 0.2) is 6.08 Å². The lowest BCUT2D eigenvalue weighted by Crippen LogP contribution is -1.77. The predicted molar refractivity (Wildman–Crippen MR) is 24.1 cm³/mol. The molecule has 0 atom stereocenters. The van der Waals surface area contributed by atoms with E-state index < -0.39 is 0 Å². The summed E-state index contributed by atoms with van der Waals surface area (Å²) in [4.78, 5) is 0. The molecule has 1 N–H and O–H groups in total. The van der Waals surface area contributed by atoms with Gasteiger partial charge in [-0.05, 0) is 18.3 Å². The summed E-state index contributed by atoms with van der Waals surface area (Å²) in [6.07, 6.45) is 0.954. The molecule has 0 aromatic carbocycles. The third-order valence-electron chi connectivity index (χ3n) is 0.143. The molecule has 0 aliphatic heterocycles. The fourth-order valence-corrected chi connectivity index (χ4v) is 0. The fourth-order valence-electron chi connectivity index (χ4n) is 0. The molecule has 1 radical (unpaired) electrons. The van der Waals surface area contributed by atoms with Gasteiger partial charge < -0.3 is 5.11 Å². The molecule has 0 heterocycles. The van der Waals surface area contributed by atoms with E-state index in [2.05, 4.69) is 18.8 Å². The lowest BCUT2D eigenvalue weighted by atomic mass is 10.7. The lowest BCUT2D eigenvalue weighted by molar-refractivity contribution is 0.574. The number of hydrogen-bond acceptors (Lipinski definition) is 1. The molecular formula is C3H3OS. The van der Waals surface area contributed by atoms with Crippen LogP contribution in [0.2, 0.25) is 0 Å². The Labute approximate surface area is 35.9 Å². The Bertz CT molecular complexity index is 57.9. The molecule has 2 heteroatoms. The van der Waals surface area contributed by atoms with Crippen molar-refractivity contribution in [3.8, 4) is 0 Å². The second kappa shape index (κ2) is 1.91. The van der Waals surface area contributed by atoms with Crippen molar-refractivity contribution in [2.45, 2.75) is 0 Å². The van der Waals surface area contributed by atoms with Crippen molar-refractivity contribution in [3.63, 3.8) is 0 Å². The molecule has 0 aliphatic rings. The van der Waals surface area contributed by atoms with E-state index in [1.807, 2.05) is 0 Å². The van der Waals surface area contributed by atoms with Crippen molar-refractivity contribution in [2.75, 3.05) is 0 Å². The third kappa shape index (κ3) is 3.63. The average molecular weight is 87.1 g/mol. The van der Waals surface area contributed by atoms with Gasteiger partial charge in [-0.1, -0.05) is 6.58 Å². The molecule has 0 bridgehead atoms. The molecule has 0 saturated carbocycles. The van der Waals surface area contributed by atoms with Gasteiger partial charge in [0.15, 0.2) is 5.05 Å². The first-order valence-corrected chi connectivity index (χ1v) is 1.46. The van der Waals surface area contributed by atoms with Crippen molar-refractivity contribution in [1.82, 2.24) is 0 Å². The second-order valence-electron chi connectivity index (χ2n) is 0.505. The summed E-state index contributed by atoms with van der Waals surface area (Å²) in [7, 11) is 0. The fraction of sp³-hybridized carbons (Fsp3) is 0. The highest BCUT2D eigenvalue weighted by molar-refractivity contribution is 7.80. The van der Waals surface area contributed by atoms with Gasteiger partial charge in [0.2, 0.25) is 0 Å². The standard InChI is InChI=1S/C3H3OS/c1-2-3(4)5/h1-2H,(H,4,5).